The molecule has 0 bridgehead atoms. The number of carbonyl (C=O) groups excluding carboxylic acids is 1. The number of nitrogens with zero attached hydrogens (tertiary/aromatic N) is 1. The minimum absolute atomic E-state index is 0.148. The molecular formula is C20H15Cl2N3O3S. The fraction of sp³-hybridized carbons (Fsp3) is 0. The minimum atomic E-state index is -3.70. The smallest absolute Gasteiger partial charge is 0.271 e. The molecule has 6 nitrogen and oxygen atoms in total. The van der Waals surface area contributed by atoms with Crippen LogP contribution in [0.5, 0.6) is 0 Å². The maximum atomic E-state index is 12.3. The molecule has 29 heavy (non-hydrogen) atoms. The Labute approximate surface area is 178 Å². The molecule has 3 rings (SSSR count). The Hall–Kier alpha value is -2.87. The number of hydrogen-bond donors (Lipinski definition) is 2. The summed E-state index contributed by atoms with van der Waals surface area (Å²) in [5, 5.41) is 4.67. The molecule has 0 spiro atoms. The Morgan fingerprint density at radius 1 is 0.862 bits per heavy atom. The Bertz CT molecular complexity index is 1130. The van der Waals surface area contributed by atoms with Crippen LogP contribution in [0.3, 0.4) is 0 Å². The molecule has 3 aromatic carbocycles. The molecule has 0 saturated heterocycles. The monoisotopic (exact) mass is 447 g/mol. The number of anilines is 1. The molecule has 0 atom stereocenters. The number of hydrogen-bond acceptors (Lipinski definition) is 4. The predicted molar refractivity (Wildman–Crippen MR) is 115 cm³/mol. The summed E-state index contributed by atoms with van der Waals surface area (Å²) in [6.07, 6.45) is 1.35. The molecule has 9 heteroatoms. The predicted octanol–water partition coefficient (Wildman–Crippen LogP) is 4.56. The topological polar surface area (TPSA) is 87.6 Å². The Balaban J connectivity index is 1.65. The van der Waals surface area contributed by atoms with Crippen molar-refractivity contribution >= 4 is 51.0 Å². The molecule has 0 aliphatic carbocycles. The number of benzene rings is 3. The van der Waals surface area contributed by atoms with Gasteiger partial charge in [0.05, 0.1) is 21.2 Å². The molecule has 0 radical (unpaired) electrons. The highest BCUT2D eigenvalue weighted by molar-refractivity contribution is 7.92. The molecule has 0 saturated carbocycles. The van der Waals surface area contributed by atoms with Crippen molar-refractivity contribution in [2.24, 2.45) is 5.10 Å². The van der Waals surface area contributed by atoms with Gasteiger partial charge in [-0.05, 0) is 48.5 Å². The van der Waals surface area contributed by atoms with Gasteiger partial charge in [0.2, 0.25) is 0 Å². The molecule has 0 aromatic heterocycles. The lowest BCUT2D eigenvalue weighted by Crippen LogP contribution is -2.18. The molecular weight excluding hydrogens is 433 g/mol. The van der Waals surface area contributed by atoms with Gasteiger partial charge in [-0.2, -0.15) is 5.10 Å². The second kappa shape index (κ2) is 9.09. The number of carbonyl (C=O) groups is 1. The van der Waals surface area contributed by atoms with Crippen molar-refractivity contribution in [2.45, 2.75) is 4.90 Å². The Kier molecular flexibility index (Phi) is 6.53. The minimum Gasteiger partial charge on any atom is -0.280 e. The molecule has 1 amide bonds. The van der Waals surface area contributed by atoms with Crippen LogP contribution < -0.4 is 10.1 Å². The summed E-state index contributed by atoms with van der Waals surface area (Å²) < 4.78 is 27.1. The Morgan fingerprint density at radius 2 is 1.48 bits per heavy atom. The lowest BCUT2D eigenvalue weighted by atomic mass is 10.2. The summed E-state index contributed by atoms with van der Waals surface area (Å²) in [5.74, 6) is -0.470. The highest BCUT2D eigenvalue weighted by Crippen LogP contribution is 2.22. The summed E-state index contributed by atoms with van der Waals surface area (Å²) in [6.45, 7) is 0. The van der Waals surface area contributed by atoms with E-state index in [-0.39, 0.29) is 4.90 Å². The van der Waals surface area contributed by atoms with Gasteiger partial charge in [-0.1, -0.05) is 47.5 Å². The summed E-state index contributed by atoms with van der Waals surface area (Å²) in [6, 6.07) is 19.0. The first kappa shape index (κ1) is 20.9. The van der Waals surface area contributed by atoms with Gasteiger partial charge in [0.15, 0.2) is 0 Å². The van der Waals surface area contributed by atoms with Crippen molar-refractivity contribution in [3.8, 4) is 0 Å². The molecule has 148 valence electrons. The molecule has 0 heterocycles. The number of hydrazone groups is 1. The highest BCUT2D eigenvalue weighted by atomic mass is 35.5. The third-order valence-electron chi connectivity index (χ3n) is 3.81. The largest absolute Gasteiger partial charge is 0.280 e. The number of sulfonamides is 1. The number of rotatable bonds is 6. The van der Waals surface area contributed by atoms with Gasteiger partial charge >= 0.3 is 0 Å². The quantitative estimate of drug-likeness (QED) is 0.428. The fourth-order valence-corrected chi connectivity index (χ4v) is 3.93. The second-order valence-electron chi connectivity index (χ2n) is 5.83. The molecule has 3 aromatic rings. The van der Waals surface area contributed by atoms with Gasteiger partial charge in [0.25, 0.3) is 15.9 Å². The number of halogens is 2. The third kappa shape index (κ3) is 5.35. The van der Waals surface area contributed by atoms with E-state index in [4.69, 9.17) is 23.2 Å². The van der Waals surface area contributed by atoms with E-state index in [1.54, 1.807) is 36.4 Å². The van der Waals surface area contributed by atoms with E-state index in [0.717, 1.165) is 0 Å². The normalized spacial score (nSPS) is 11.4. The summed E-state index contributed by atoms with van der Waals surface area (Å²) in [4.78, 5) is 12.3. The van der Waals surface area contributed by atoms with E-state index in [1.807, 2.05) is 0 Å². The van der Waals surface area contributed by atoms with Crippen molar-refractivity contribution in [1.29, 1.82) is 0 Å². The summed E-state index contributed by atoms with van der Waals surface area (Å²) in [7, 11) is -3.70. The first-order valence-electron chi connectivity index (χ1n) is 8.32. The first-order chi connectivity index (χ1) is 13.9. The average molecular weight is 448 g/mol. The van der Waals surface area contributed by atoms with Crippen LogP contribution in [0.2, 0.25) is 10.0 Å². The van der Waals surface area contributed by atoms with Crippen LogP contribution in [-0.4, -0.2) is 20.5 Å². The summed E-state index contributed by atoms with van der Waals surface area (Å²) >= 11 is 12.1. The van der Waals surface area contributed by atoms with Crippen molar-refractivity contribution in [1.82, 2.24) is 5.43 Å². The lowest BCUT2D eigenvalue weighted by Gasteiger charge is -2.08. The van der Waals surface area contributed by atoms with Crippen molar-refractivity contribution < 1.29 is 13.2 Å². The van der Waals surface area contributed by atoms with Crippen LogP contribution >= 0.6 is 23.2 Å². The third-order valence-corrected chi connectivity index (χ3v) is 5.87. The SMILES string of the molecule is O=C(N/N=C\c1c(Cl)cccc1Cl)c1ccc(NS(=O)(=O)c2ccccc2)cc1. The van der Waals surface area contributed by atoms with E-state index < -0.39 is 15.9 Å². The van der Waals surface area contributed by atoms with Crippen LogP contribution in [0.4, 0.5) is 5.69 Å². The second-order valence-corrected chi connectivity index (χ2v) is 8.33. The van der Waals surface area contributed by atoms with E-state index in [1.165, 1.54) is 42.6 Å². The van der Waals surface area contributed by atoms with Gasteiger partial charge in [0, 0.05) is 16.8 Å². The molecule has 0 aliphatic heterocycles. The van der Waals surface area contributed by atoms with Crippen LogP contribution in [0, 0.1) is 0 Å². The average Bonchev–Trinajstić information content (AvgIpc) is 2.71. The van der Waals surface area contributed by atoms with Crippen LogP contribution in [0.15, 0.2) is 82.8 Å². The van der Waals surface area contributed by atoms with Crippen LogP contribution in [-0.2, 0) is 10.0 Å². The number of amides is 1. The van der Waals surface area contributed by atoms with Crippen molar-refractivity contribution in [3.63, 3.8) is 0 Å². The zero-order chi connectivity index (χ0) is 20.9. The maximum Gasteiger partial charge on any atom is 0.271 e. The fourth-order valence-electron chi connectivity index (χ4n) is 2.36. The zero-order valence-electron chi connectivity index (χ0n) is 14.8. The Morgan fingerprint density at radius 3 is 2.10 bits per heavy atom. The molecule has 0 fully saturated rings. The van der Waals surface area contributed by atoms with Crippen LogP contribution in [0.25, 0.3) is 0 Å². The van der Waals surface area contributed by atoms with E-state index >= 15 is 0 Å². The number of nitrogens with one attached hydrogen (secondary N) is 2. The van der Waals surface area contributed by atoms with Crippen molar-refractivity contribution in [3.05, 3.63) is 94.0 Å². The van der Waals surface area contributed by atoms with Crippen LogP contribution in [0.1, 0.15) is 15.9 Å². The highest BCUT2D eigenvalue weighted by Gasteiger charge is 2.13. The molecule has 2 N–H and O–H groups in total. The maximum absolute atomic E-state index is 12.3. The standard InChI is InChI=1S/C20H15Cl2N3O3S/c21-18-7-4-8-19(22)17(18)13-23-24-20(26)14-9-11-15(12-10-14)25-29(27,28)16-5-2-1-3-6-16/h1-13,25H,(H,24,26)/b23-13-. The van der Waals surface area contributed by atoms with Gasteiger partial charge in [0.1, 0.15) is 0 Å². The van der Waals surface area contributed by atoms with E-state index in [9.17, 15) is 13.2 Å². The van der Waals surface area contributed by atoms with Gasteiger partial charge in [-0.25, -0.2) is 13.8 Å². The summed E-state index contributed by atoms with van der Waals surface area (Å²) in [5.41, 5.74) is 3.49. The molecule has 0 aliphatic rings. The van der Waals surface area contributed by atoms with Gasteiger partial charge < -0.3 is 0 Å². The lowest BCUT2D eigenvalue weighted by molar-refractivity contribution is 0.0955. The zero-order valence-corrected chi connectivity index (χ0v) is 17.2. The van der Waals surface area contributed by atoms with Gasteiger partial charge in [-0.3, -0.25) is 9.52 Å². The van der Waals surface area contributed by atoms with Gasteiger partial charge in [-0.15, -0.1) is 0 Å². The first-order valence-corrected chi connectivity index (χ1v) is 10.6. The van der Waals surface area contributed by atoms with E-state index in [2.05, 4.69) is 15.2 Å². The van der Waals surface area contributed by atoms with Crippen molar-refractivity contribution in [2.75, 3.05) is 4.72 Å². The van der Waals surface area contributed by atoms with E-state index in [0.29, 0.717) is 26.9 Å². The molecule has 0 unspecified atom stereocenters.